The minimum atomic E-state index is -2.37. The second kappa shape index (κ2) is 21.7. The lowest BCUT2D eigenvalue weighted by Gasteiger charge is -2.23. The van der Waals surface area contributed by atoms with Gasteiger partial charge in [-0.2, -0.15) is 0 Å². The summed E-state index contributed by atoms with van der Waals surface area (Å²) in [7, 11) is 5.69. The summed E-state index contributed by atoms with van der Waals surface area (Å²) in [5.41, 5.74) is 0. The van der Waals surface area contributed by atoms with Gasteiger partial charge in [-0.05, 0) is 19.4 Å². The number of quaternary nitrogens is 1. The number of nitrogens with two attached hydrogens (primary N) is 1. The molecule has 0 unspecified atom stereocenters. The van der Waals surface area contributed by atoms with E-state index in [1.807, 2.05) is 0 Å². The molecule has 0 amide bonds. The summed E-state index contributed by atoms with van der Waals surface area (Å²) in [5.74, 6) is -1.08. The second-order valence-electron chi connectivity index (χ2n) is 4.80. The molecule has 0 saturated heterocycles. The van der Waals surface area contributed by atoms with Crippen LogP contribution in [-0.4, -0.2) is 84.9 Å². The molecule has 0 aromatic heterocycles. The van der Waals surface area contributed by atoms with Crippen LogP contribution in [0.1, 0.15) is 19.8 Å². The number of carbonyl (C=O) groups is 1. The van der Waals surface area contributed by atoms with Crippen molar-refractivity contribution in [1.29, 1.82) is 0 Å². The van der Waals surface area contributed by atoms with Crippen LogP contribution in [0.15, 0.2) is 0 Å². The Hall–Kier alpha value is -0.376. The highest BCUT2D eigenvalue weighted by atomic mass is 28.4. The van der Waals surface area contributed by atoms with E-state index < -0.39 is 24.1 Å². The minimum Gasteiger partial charge on any atom is -0.550 e. The highest BCUT2D eigenvalue weighted by Gasteiger charge is 2.37. The van der Waals surface area contributed by atoms with E-state index in [1.165, 1.54) is 0 Å². The topological polar surface area (TPSA) is 123 Å². The predicted octanol–water partition coefficient (Wildman–Crippen LogP) is -1.91. The summed E-state index contributed by atoms with van der Waals surface area (Å²) in [4.78, 5) is 8.89. The van der Waals surface area contributed by atoms with Gasteiger partial charge in [0.2, 0.25) is 0 Å². The van der Waals surface area contributed by atoms with E-state index in [2.05, 4.69) is 5.32 Å². The Morgan fingerprint density at radius 2 is 1.40 bits per heavy atom. The van der Waals surface area contributed by atoms with Crippen molar-refractivity contribution in [2.75, 3.05) is 55.7 Å². The normalized spacial score (nSPS) is 10.6. The van der Waals surface area contributed by atoms with Crippen LogP contribution in [-0.2, 0) is 26.9 Å². The first-order valence-corrected chi connectivity index (χ1v) is 11.7. The van der Waals surface area contributed by atoms with Gasteiger partial charge in [0.25, 0.3) is 0 Å². The van der Waals surface area contributed by atoms with Crippen LogP contribution in [0.3, 0.4) is 0 Å². The van der Waals surface area contributed by atoms with E-state index in [0.717, 1.165) is 52.1 Å². The maximum Gasteiger partial charge on any atom is 0.500 e. The monoisotopic (exact) mass is 403 g/mol. The Bertz CT molecular complexity index is 267. The van der Waals surface area contributed by atoms with E-state index in [-0.39, 0.29) is 0 Å². The van der Waals surface area contributed by atoms with Crippen LogP contribution in [0.2, 0.25) is 12.1 Å². The average molecular weight is 404 g/mol. The highest BCUT2D eigenvalue weighted by Crippen LogP contribution is 2.13. The predicted molar refractivity (Wildman–Crippen MR) is 97.3 cm³/mol. The Balaban J connectivity index is -0.000000701. The van der Waals surface area contributed by atoms with Crippen molar-refractivity contribution in [3.8, 4) is 0 Å². The number of carboxylic acids is 1. The smallest absolute Gasteiger partial charge is 0.500 e. The SMILES string of the molecule is CC(=O)[O-].CO.CO[SiH](CCC[NH2+]CCC[Si](OC)(OC)OC)OC. The molecular weight excluding hydrogens is 366 g/mol. The molecular formula is C14H37NO8Si2. The molecule has 0 radical (unpaired) electrons. The third-order valence-electron chi connectivity index (χ3n) is 3.20. The molecule has 0 fully saturated rings. The molecule has 154 valence electrons. The van der Waals surface area contributed by atoms with Crippen molar-refractivity contribution in [3.05, 3.63) is 0 Å². The molecule has 3 N–H and O–H groups in total. The Morgan fingerprint density at radius 1 is 1.00 bits per heavy atom. The van der Waals surface area contributed by atoms with Crippen molar-refractivity contribution in [1.82, 2.24) is 0 Å². The number of carboxylic acid groups (broad SMARTS) is 1. The van der Waals surface area contributed by atoms with Gasteiger partial charge >= 0.3 is 18.1 Å². The van der Waals surface area contributed by atoms with Gasteiger partial charge in [0.05, 0.1) is 13.1 Å². The van der Waals surface area contributed by atoms with Gasteiger partial charge in [-0.1, -0.05) is 0 Å². The van der Waals surface area contributed by atoms with E-state index >= 15 is 0 Å². The number of aliphatic hydroxyl groups is 1. The summed E-state index contributed by atoms with van der Waals surface area (Å²) in [5, 5.41) is 18.2. The molecule has 0 aliphatic heterocycles. The zero-order valence-corrected chi connectivity index (χ0v) is 18.9. The number of rotatable bonds is 13. The zero-order valence-electron chi connectivity index (χ0n) is 16.7. The molecule has 0 aromatic carbocycles. The molecule has 0 aromatic rings. The van der Waals surface area contributed by atoms with E-state index in [4.69, 9.17) is 37.1 Å². The molecule has 9 nitrogen and oxygen atoms in total. The van der Waals surface area contributed by atoms with Crippen molar-refractivity contribution in [2.24, 2.45) is 0 Å². The minimum absolute atomic E-state index is 0.862. The molecule has 0 rings (SSSR count). The highest BCUT2D eigenvalue weighted by molar-refractivity contribution is 6.60. The molecule has 0 saturated carbocycles. The lowest BCUT2D eigenvalue weighted by atomic mass is 10.4. The molecule has 11 heteroatoms. The van der Waals surface area contributed by atoms with Gasteiger partial charge in [0, 0.05) is 61.1 Å². The summed E-state index contributed by atoms with van der Waals surface area (Å²) in [6, 6.07) is 1.93. The molecule has 0 spiro atoms. The van der Waals surface area contributed by atoms with E-state index in [0.29, 0.717) is 0 Å². The number of hydrogen-bond donors (Lipinski definition) is 2. The van der Waals surface area contributed by atoms with Gasteiger partial charge in [-0.25, -0.2) is 0 Å². The maximum atomic E-state index is 8.89. The first-order valence-electron chi connectivity index (χ1n) is 8.06. The van der Waals surface area contributed by atoms with Gasteiger partial charge in [0.15, 0.2) is 0 Å². The number of aliphatic hydroxyl groups excluding tert-OH is 1. The maximum absolute atomic E-state index is 8.89. The Morgan fingerprint density at radius 3 is 1.76 bits per heavy atom. The average Bonchev–Trinajstić information content (AvgIpc) is 2.62. The Labute approximate surface area is 154 Å². The fourth-order valence-electron chi connectivity index (χ4n) is 1.92. The summed E-state index contributed by atoms with van der Waals surface area (Å²) in [6.07, 6.45) is 2.18. The molecule has 0 aliphatic rings. The fourth-order valence-corrected chi connectivity index (χ4v) is 4.91. The van der Waals surface area contributed by atoms with Gasteiger partial charge in [0.1, 0.15) is 0 Å². The third-order valence-corrected chi connectivity index (χ3v) is 7.96. The molecule has 0 atom stereocenters. The summed E-state index contributed by atoms with van der Waals surface area (Å²) in [6.45, 7) is 3.15. The van der Waals surface area contributed by atoms with Crippen LogP contribution in [0.5, 0.6) is 0 Å². The zero-order chi connectivity index (χ0) is 20.1. The number of hydrogen-bond acceptors (Lipinski definition) is 8. The lowest BCUT2D eigenvalue weighted by molar-refractivity contribution is -0.654. The van der Waals surface area contributed by atoms with Crippen molar-refractivity contribution in [3.63, 3.8) is 0 Å². The Kier molecular flexibility index (Phi) is 25.5. The van der Waals surface area contributed by atoms with Crippen LogP contribution in [0, 0.1) is 0 Å². The molecule has 0 aliphatic carbocycles. The summed E-state index contributed by atoms with van der Waals surface area (Å²) < 4.78 is 26.7. The first kappa shape index (κ1) is 29.4. The van der Waals surface area contributed by atoms with E-state index in [1.54, 1.807) is 35.5 Å². The van der Waals surface area contributed by atoms with Crippen molar-refractivity contribution in [2.45, 2.75) is 31.9 Å². The third kappa shape index (κ3) is 19.8. The van der Waals surface area contributed by atoms with Gasteiger partial charge < -0.3 is 42.5 Å². The first-order chi connectivity index (χ1) is 11.9. The van der Waals surface area contributed by atoms with Crippen LogP contribution < -0.4 is 10.4 Å². The van der Waals surface area contributed by atoms with Crippen molar-refractivity contribution < 1.29 is 42.5 Å². The number of carbonyl (C=O) groups excluding carboxylic acids is 1. The summed E-state index contributed by atoms with van der Waals surface area (Å²) >= 11 is 0. The van der Waals surface area contributed by atoms with E-state index in [9.17, 15) is 0 Å². The quantitative estimate of drug-likeness (QED) is 0.270. The van der Waals surface area contributed by atoms with Gasteiger partial charge in [-0.15, -0.1) is 0 Å². The fraction of sp³-hybridized carbons (Fsp3) is 0.929. The molecule has 0 bridgehead atoms. The van der Waals surface area contributed by atoms with Crippen LogP contribution >= 0.6 is 0 Å². The second-order valence-corrected chi connectivity index (χ2v) is 10.3. The largest absolute Gasteiger partial charge is 0.550 e. The van der Waals surface area contributed by atoms with Crippen LogP contribution in [0.25, 0.3) is 0 Å². The number of aliphatic carboxylic acids is 1. The standard InChI is InChI=1S/C11H29NO5Si2.C2H4O2.CH4O/c1-13-18(14-2)10-6-8-12-9-7-11-19(15-3,16-4)17-5;1-2(3)4;1-2/h12,18H,6-11H2,1-5H3;1H3,(H,3,4);2H,1H3. The lowest BCUT2D eigenvalue weighted by Crippen LogP contribution is -2.84. The van der Waals surface area contributed by atoms with Crippen molar-refractivity contribution >= 4 is 24.1 Å². The van der Waals surface area contributed by atoms with Crippen LogP contribution in [0.4, 0.5) is 0 Å². The molecule has 25 heavy (non-hydrogen) atoms. The molecule has 0 heterocycles. The van der Waals surface area contributed by atoms with Gasteiger partial charge in [-0.3, -0.25) is 0 Å².